The van der Waals surface area contributed by atoms with Gasteiger partial charge in [-0.05, 0) is 17.7 Å². The molecule has 0 aliphatic carbocycles. The van der Waals surface area contributed by atoms with Crippen molar-refractivity contribution in [1.29, 1.82) is 0 Å². The molecular formula is C13H20ClNO2S. The van der Waals surface area contributed by atoms with Gasteiger partial charge in [-0.2, -0.15) is 0 Å². The smallest absolute Gasteiger partial charge is 0.0587 e. The van der Waals surface area contributed by atoms with Crippen molar-refractivity contribution in [3.05, 3.63) is 28.8 Å². The topological polar surface area (TPSA) is 30.5 Å². The monoisotopic (exact) mass is 289 g/mol. The van der Waals surface area contributed by atoms with Crippen LogP contribution in [0.3, 0.4) is 0 Å². The Bertz CT molecular complexity index is 350. The molecule has 0 aliphatic heterocycles. The summed E-state index contributed by atoms with van der Waals surface area (Å²) >= 11 is 7.80. The van der Waals surface area contributed by atoms with E-state index >= 15 is 0 Å². The fourth-order valence-electron chi connectivity index (χ4n) is 1.44. The Labute approximate surface area is 118 Å². The highest BCUT2D eigenvalue weighted by atomic mass is 35.5. The van der Waals surface area contributed by atoms with Gasteiger partial charge in [0.05, 0.1) is 13.2 Å². The van der Waals surface area contributed by atoms with Crippen LogP contribution in [0.15, 0.2) is 23.1 Å². The molecule has 1 rings (SSSR count). The van der Waals surface area contributed by atoms with Gasteiger partial charge < -0.3 is 14.8 Å². The normalized spacial score (nSPS) is 10.8. The molecule has 0 unspecified atom stereocenters. The number of rotatable bonds is 9. The molecule has 0 spiro atoms. The van der Waals surface area contributed by atoms with Crippen molar-refractivity contribution in [1.82, 2.24) is 5.32 Å². The summed E-state index contributed by atoms with van der Waals surface area (Å²) in [6, 6.07) is 6.00. The summed E-state index contributed by atoms with van der Waals surface area (Å²) in [5.41, 5.74) is 1.26. The van der Waals surface area contributed by atoms with Crippen LogP contribution in [0.25, 0.3) is 0 Å². The molecular weight excluding hydrogens is 270 g/mol. The summed E-state index contributed by atoms with van der Waals surface area (Å²) in [7, 11) is 3.42. The Kier molecular flexibility index (Phi) is 8.46. The van der Waals surface area contributed by atoms with E-state index in [9.17, 15) is 0 Å². The van der Waals surface area contributed by atoms with Gasteiger partial charge in [0.15, 0.2) is 0 Å². The predicted molar refractivity (Wildman–Crippen MR) is 77.6 cm³/mol. The van der Waals surface area contributed by atoms with Gasteiger partial charge in [0.1, 0.15) is 0 Å². The Morgan fingerprint density at radius 2 is 2.00 bits per heavy atom. The molecule has 0 aromatic heterocycles. The van der Waals surface area contributed by atoms with Gasteiger partial charge in [0.25, 0.3) is 0 Å². The third-order valence-electron chi connectivity index (χ3n) is 2.37. The van der Waals surface area contributed by atoms with Crippen LogP contribution in [0, 0.1) is 0 Å². The van der Waals surface area contributed by atoms with Crippen LogP contribution in [0.4, 0.5) is 0 Å². The number of nitrogens with one attached hydrogen (secondary N) is 1. The Hall–Kier alpha value is -0.260. The SMILES string of the molecule is COCCNCc1ccc(Cl)cc1SCCOC. The molecule has 0 aliphatic rings. The van der Waals surface area contributed by atoms with Crippen molar-refractivity contribution in [2.24, 2.45) is 0 Å². The minimum absolute atomic E-state index is 0.722. The summed E-state index contributed by atoms with van der Waals surface area (Å²) in [4.78, 5) is 1.21. The van der Waals surface area contributed by atoms with E-state index in [1.54, 1.807) is 26.0 Å². The van der Waals surface area contributed by atoms with Crippen molar-refractivity contribution in [2.45, 2.75) is 11.4 Å². The molecule has 0 fully saturated rings. The second-order valence-electron chi connectivity index (χ2n) is 3.76. The first-order chi connectivity index (χ1) is 8.77. The number of thioether (sulfide) groups is 1. The summed E-state index contributed by atoms with van der Waals surface area (Å²) < 4.78 is 10.1. The van der Waals surface area contributed by atoms with Crippen molar-refractivity contribution in [3.8, 4) is 0 Å². The number of benzene rings is 1. The lowest BCUT2D eigenvalue weighted by molar-refractivity contribution is 0.199. The van der Waals surface area contributed by atoms with Gasteiger partial charge in [-0.25, -0.2) is 0 Å². The zero-order valence-corrected chi connectivity index (χ0v) is 12.4. The standard InChI is InChI=1S/C13H20ClNO2S/c1-16-6-5-15-10-11-3-4-12(14)9-13(11)18-8-7-17-2/h3-4,9,15H,5-8,10H2,1-2H3. The number of ether oxygens (including phenoxy) is 2. The third-order valence-corrected chi connectivity index (χ3v) is 3.67. The molecule has 3 nitrogen and oxygen atoms in total. The van der Waals surface area contributed by atoms with Crippen molar-refractivity contribution in [3.63, 3.8) is 0 Å². The van der Waals surface area contributed by atoms with Gasteiger partial charge in [-0.15, -0.1) is 11.8 Å². The predicted octanol–water partition coefficient (Wildman–Crippen LogP) is 2.81. The van der Waals surface area contributed by atoms with Crippen molar-refractivity contribution < 1.29 is 9.47 Å². The molecule has 1 aromatic carbocycles. The number of halogens is 1. The van der Waals surface area contributed by atoms with Crippen LogP contribution in [0.1, 0.15) is 5.56 Å². The van der Waals surface area contributed by atoms with E-state index in [0.29, 0.717) is 0 Å². The van der Waals surface area contributed by atoms with E-state index in [0.717, 1.165) is 37.1 Å². The maximum Gasteiger partial charge on any atom is 0.0587 e. The lowest BCUT2D eigenvalue weighted by atomic mass is 10.2. The number of hydrogen-bond donors (Lipinski definition) is 1. The van der Waals surface area contributed by atoms with Crippen LogP contribution in [0.2, 0.25) is 5.02 Å². The molecule has 1 aromatic rings. The quantitative estimate of drug-likeness (QED) is 0.559. The summed E-state index contributed by atoms with van der Waals surface area (Å²) in [6.07, 6.45) is 0. The van der Waals surface area contributed by atoms with Crippen LogP contribution in [-0.4, -0.2) is 39.7 Å². The molecule has 0 saturated carbocycles. The first kappa shape index (κ1) is 15.8. The second-order valence-corrected chi connectivity index (χ2v) is 5.34. The molecule has 0 amide bonds. The van der Waals surface area contributed by atoms with E-state index in [4.69, 9.17) is 21.1 Å². The van der Waals surface area contributed by atoms with Gasteiger partial charge in [-0.1, -0.05) is 17.7 Å². The van der Waals surface area contributed by atoms with Crippen LogP contribution >= 0.6 is 23.4 Å². The first-order valence-electron chi connectivity index (χ1n) is 5.87. The molecule has 0 heterocycles. The Morgan fingerprint density at radius 1 is 1.22 bits per heavy atom. The molecule has 0 atom stereocenters. The zero-order chi connectivity index (χ0) is 13.2. The van der Waals surface area contributed by atoms with E-state index in [1.165, 1.54) is 10.5 Å². The summed E-state index contributed by atoms with van der Waals surface area (Å²) in [6.45, 7) is 3.14. The lowest BCUT2D eigenvalue weighted by Crippen LogP contribution is -2.18. The zero-order valence-electron chi connectivity index (χ0n) is 10.9. The number of hydrogen-bond acceptors (Lipinski definition) is 4. The van der Waals surface area contributed by atoms with E-state index in [2.05, 4.69) is 11.4 Å². The number of methoxy groups -OCH3 is 2. The molecule has 102 valence electrons. The van der Waals surface area contributed by atoms with Gasteiger partial charge in [0.2, 0.25) is 0 Å². The molecule has 0 radical (unpaired) electrons. The average molecular weight is 290 g/mol. The molecule has 0 saturated heterocycles. The highest BCUT2D eigenvalue weighted by molar-refractivity contribution is 7.99. The second kappa shape index (κ2) is 9.64. The fourth-order valence-corrected chi connectivity index (χ4v) is 2.68. The van der Waals surface area contributed by atoms with Crippen LogP contribution in [0.5, 0.6) is 0 Å². The third kappa shape index (κ3) is 6.07. The molecule has 0 bridgehead atoms. The molecule has 1 N–H and O–H groups in total. The molecule has 5 heteroatoms. The maximum atomic E-state index is 6.03. The highest BCUT2D eigenvalue weighted by Crippen LogP contribution is 2.26. The summed E-state index contributed by atoms with van der Waals surface area (Å²) in [5, 5.41) is 4.11. The summed E-state index contributed by atoms with van der Waals surface area (Å²) in [5.74, 6) is 0.932. The van der Waals surface area contributed by atoms with Crippen molar-refractivity contribution >= 4 is 23.4 Å². The minimum atomic E-state index is 0.722. The average Bonchev–Trinajstić information content (AvgIpc) is 2.37. The fraction of sp³-hybridized carbons (Fsp3) is 0.538. The van der Waals surface area contributed by atoms with Gasteiger partial charge in [0, 0.05) is 43.0 Å². The van der Waals surface area contributed by atoms with E-state index in [-0.39, 0.29) is 0 Å². The maximum absolute atomic E-state index is 6.03. The van der Waals surface area contributed by atoms with Crippen LogP contribution in [-0.2, 0) is 16.0 Å². The van der Waals surface area contributed by atoms with Crippen LogP contribution < -0.4 is 5.32 Å². The minimum Gasteiger partial charge on any atom is -0.384 e. The van der Waals surface area contributed by atoms with E-state index in [1.807, 2.05) is 12.1 Å². The van der Waals surface area contributed by atoms with Gasteiger partial charge >= 0.3 is 0 Å². The highest BCUT2D eigenvalue weighted by Gasteiger charge is 2.04. The largest absolute Gasteiger partial charge is 0.384 e. The lowest BCUT2D eigenvalue weighted by Gasteiger charge is -2.10. The Balaban J connectivity index is 2.52. The first-order valence-corrected chi connectivity index (χ1v) is 7.24. The van der Waals surface area contributed by atoms with E-state index < -0.39 is 0 Å². The van der Waals surface area contributed by atoms with Gasteiger partial charge in [-0.3, -0.25) is 0 Å². The molecule has 18 heavy (non-hydrogen) atoms. The van der Waals surface area contributed by atoms with Crippen molar-refractivity contribution in [2.75, 3.05) is 39.7 Å². The Morgan fingerprint density at radius 3 is 2.72 bits per heavy atom.